The van der Waals surface area contributed by atoms with Gasteiger partial charge in [0, 0.05) is 18.9 Å². The van der Waals surface area contributed by atoms with Gasteiger partial charge in [-0.1, -0.05) is 13.8 Å². The maximum Gasteiger partial charge on any atom is 0.141 e. The van der Waals surface area contributed by atoms with Crippen molar-refractivity contribution in [1.29, 1.82) is 0 Å². The molecule has 0 radical (unpaired) electrons. The Hall–Kier alpha value is -0.830. The molecule has 15 heavy (non-hydrogen) atoms. The second-order valence-electron chi connectivity index (χ2n) is 4.66. The van der Waals surface area contributed by atoms with E-state index in [4.69, 9.17) is 0 Å². The van der Waals surface area contributed by atoms with Gasteiger partial charge in [0.25, 0.3) is 0 Å². The number of nitrogens with zero attached hydrogens (tertiary/aromatic N) is 2. The average molecular weight is 208 g/mol. The van der Waals surface area contributed by atoms with Crippen molar-refractivity contribution in [3.63, 3.8) is 0 Å². The predicted octanol–water partition coefficient (Wildman–Crippen LogP) is 2.30. The van der Waals surface area contributed by atoms with Gasteiger partial charge in [-0.05, 0) is 31.6 Å². The van der Waals surface area contributed by atoms with E-state index in [0.717, 1.165) is 38.1 Å². The lowest BCUT2D eigenvalue weighted by molar-refractivity contribution is -0.00742. The molecule has 3 nitrogen and oxygen atoms in total. The second kappa shape index (κ2) is 3.97. The van der Waals surface area contributed by atoms with Crippen LogP contribution in [0.4, 0.5) is 0 Å². The van der Waals surface area contributed by atoms with Crippen LogP contribution in [0.3, 0.4) is 0 Å². The Morgan fingerprint density at radius 3 is 3.07 bits per heavy atom. The Kier molecular flexibility index (Phi) is 2.83. The number of hydrogen-bond acceptors (Lipinski definition) is 2. The van der Waals surface area contributed by atoms with E-state index in [2.05, 4.69) is 23.4 Å². The van der Waals surface area contributed by atoms with Gasteiger partial charge in [0.15, 0.2) is 0 Å². The molecule has 0 aromatic carbocycles. The summed E-state index contributed by atoms with van der Waals surface area (Å²) in [7, 11) is 0. The topological polar surface area (TPSA) is 38.0 Å². The smallest absolute Gasteiger partial charge is 0.141 e. The van der Waals surface area contributed by atoms with Crippen molar-refractivity contribution in [2.24, 2.45) is 5.92 Å². The molecular formula is C12H20N2O. The van der Waals surface area contributed by atoms with Crippen LogP contribution in [-0.4, -0.2) is 14.7 Å². The van der Waals surface area contributed by atoms with Crippen molar-refractivity contribution in [3.05, 3.63) is 18.2 Å². The molecule has 1 fully saturated rings. The summed E-state index contributed by atoms with van der Waals surface area (Å²) in [6.45, 7) is 5.22. The first-order valence-corrected chi connectivity index (χ1v) is 5.92. The summed E-state index contributed by atoms with van der Waals surface area (Å²) < 4.78 is 2.10. The third-order valence-electron chi connectivity index (χ3n) is 3.58. The van der Waals surface area contributed by atoms with Crippen molar-refractivity contribution < 1.29 is 5.11 Å². The zero-order chi connectivity index (χ0) is 10.9. The van der Waals surface area contributed by atoms with Crippen LogP contribution >= 0.6 is 0 Å². The lowest BCUT2D eigenvalue weighted by atomic mass is 9.91. The third kappa shape index (κ3) is 1.69. The highest BCUT2D eigenvalue weighted by atomic mass is 16.3. The van der Waals surface area contributed by atoms with E-state index in [9.17, 15) is 5.11 Å². The van der Waals surface area contributed by atoms with E-state index in [1.54, 1.807) is 6.20 Å². The SMILES string of the molecule is CCCn1ccnc1C1(O)CCCC1C. The Labute approximate surface area is 91.1 Å². The van der Waals surface area contributed by atoms with Gasteiger partial charge in [-0.25, -0.2) is 4.98 Å². The first kappa shape index (κ1) is 10.7. The maximum atomic E-state index is 10.6. The quantitative estimate of drug-likeness (QED) is 0.827. The van der Waals surface area contributed by atoms with Gasteiger partial charge in [0.2, 0.25) is 0 Å². The molecule has 2 unspecified atom stereocenters. The highest BCUT2D eigenvalue weighted by Gasteiger charge is 2.42. The van der Waals surface area contributed by atoms with Crippen molar-refractivity contribution in [1.82, 2.24) is 9.55 Å². The number of aryl methyl sites for hydroxylation is 1. The fourth-order valence-corrected chi connectivity index (χ4v) is 2.61. The van der Waals surface area contributed by atoms with Crippen LogP contribution in [0.1, 0.15) is 45.4 Å². The van der Waals surface area contributed by atoms with Crippen molar-refractivity contribution in [3.8, 4) is 0 Å². The van der Waals surface area contributed by atoms with Crippen molar-refractivity contribution >= 4 is 0 Å². The Balaban J connectivity index is 2.31. The molecule has 0 amide bonds. The normalized spacial score (nSPS) is 31.0. The maximum absolute atomic E-state index is 10.6. The molecule has 1 aliphatic carbocycles. The summed E-state index contributed by atoms with van der Waals surface area (Å²) >= 11 is 0. The zero-order valence-electron chi connectivity index (χ0n) is 9.61. The summed E-state index contributed by atoms with van der Waals surface area (Å²) in [6.07, 6.45) is 7.92. The van der Waals surface area contributed by atoms with Crippen LogP contribution in [0.25, 0.3) is 0 Å². The molecule has 3 heteroatoms. The van der Waals surface area contributed by atoms with Crippen LogP contribution in [0.2, 0.25) is 0 Å². The van der Waals surface area contributed by atoms with Crippen LogP contribution in [0, 0.1) is 5.92 Å². The highest BCUT2D eigenvalue weighted by Crippen LogP contribution is 2.42. The number of aromatic nitrogens is 2. The van der Waals surface area contributed by atoms with E-state index >= 15 is 0 Å². The summed E-state index contributed by atoms with van der Waals surface area (Å²) in [4.78, 5) is 4.35. The number of rotatable bonds is 3. The molecule has 0 aliphatic heterocycles. The highest BCUT2D eigenvalue weighted by molar-refractivity contribution is 5.09. The first-order valence-electron chi connectivity index (χ1n) is 5.92. The minimum Gasteiger partial charge on any atom is -0.382 e. The van der Waals surface area contributed by atoms with Crippen molar-refractivity contribution in [2.75, 3.05) is 0 Å². The van der Waals surface area contributed by atoms with E-state index in [0.29, 0.717) is 5.92 Å². The standard InChI is InChI=1S/C12H20N2O/c1-3-8-14-9-7-13-11(14)12(15)6-4-5-10(12)2/h7,9-10,15H,3-6,8H2,1-2H3. The van der Waals surface area contributed by atoms with Gasteiger partial charge in [-0.15, -0.1) is 0 Å². The van der Waals surface area contributed by atoms with Gasteiger partial charge >= 0.3 is 0 Å². The molecule has 2 atom stereocenters. The second-order valence-corrected chi connectivity index (χ2v) is 4.66. The van der Waals surface area contributed by atoms with Gasteiger partial charge in [-0.3, -0.25) is 0 Å². The first-order chi connectivity index (χ1) is 7.18. The molecule has 1 saturated carbocycles. The molecule has 0 spiro atoms. The monoisotopic (exact) mass is 208 g/mol. The van der Waals surface area contributed by atoms with Crippen molar-refractivity contribution in [2.45, 2.75) is 51.7 Å². The Bertz CT molecular complexity index is 334. The van der Waals surface area contributed by atoms with Gasteiger partial charge in [0.05, 0.1) is 0 Å². The number of aliphatic hydroxyl groups is 1. The van der Waals surface area contributed by atoms with Crippen LogP contribution in [0.15, 0.2) is 12.4 Å². The van der Waals surface area contributed by atoms with E-state index in [1.807, 2.05) is 6.20 Å². The Morgan fingerprint density at radius 2 is 2.47 bits per heavy atom. The summed E-state index contributed by atoms with van der Waals surface area (Å²) in [6, 6.07) is 0. The predicted molar refractivity (Wildman–Crippen MR) is 59.4 cm³/mol. The average Bonchev–Trinajstić information content (AvgIpc) is 2.77. The third-order valence-corrected chi connectivity index (χ3v) is 3.58. The van der Waals surface area contributed by atoms with Crippen LogP contribution in [-0.2, 0) is 12.1 Å². The molecule has 84 valence electrons. The minimum absolute atomic E-state index is 0.329. The zero-order valence-corrected chi connectivity index (χ0v) is 9.61. The fourth-order valence-electron chi connectivity index (χ4n) is 2.61. The lowest BCUT2D eigenvalue weighted by Crippen LogP contribution is -2.32. The molecule has 2 rings (SSSR count). The molecule has 1 aromatic heterocycles. The van der Waals surface area contributed by atoms with Crippen LogP contribution in [0.5, 0.6) is 0 Å². The number of imidazole rings is 1. The van der Waals surface area contributed by atoms with E-state index < -0.39 is 5.60 Å². The van der Waals surface area contributed by atoms with Gasteiger partial charge in [-0.2, -0.15) is 0 Å². The molecule has 1 aromatic rings. The number of hydrogen-bond donors (Lipinski definition) is 1. The molecular weight excluding hydrogens is 188 g/mol. The summed E-state index contributed by atoms with van der Waals surface area (Å²) in [5.41, 5.74) is -0.682. The summed E-state index contributed by atoms with van der Waals surface area (Å²) in [5.74, 6) is 1.20. The molecule has 1 heterocycles. The fraction of sp³-hybridized carbons (Fsp3) is 0.750. The lowest BCUT2D eigenvalue weighted by Gasteiger charge is -2.27. The molecule has 1 N–H and O–H groups in total. The van der Waals surface area contributed by atoms with E-state index in [1.165, 1.54) is 0 Å². The molecule has 1 aliphatic rings. The molecule has 0 saturated heterocycles. The van der Waals surface area contributed by atoms with Gasteiger partial charge < -0.3 is 9.67 Å². The van der Waals surface area contributed by atoms with E-state index in [-0.39, 0.29) is 0 Å². The largest absolute Gasteiger partial charge is 0.382 e. The van der Waals surface area contributed by atoms with Crippen LogP contribution < -0.4 is 0 Å². The molecule has 0 bridgehead atoms. The minimum atomic E-state index is -0.682. The Morgan fingerprint density at radius 1 is 1.67 bits per heavy atom. The van der Waals surface area contributed by atoms with Gasteiger partial charge in [0.1, 0.15) is 11.4 Å². The summed E-state index contributed by atoms with van der Waals surface area (Å²) in [5, 5.41) is 10.6.